The Morgan fingerprint density at radius 1 is 0.638 bits per heavy atom. The molecule has 5 N–H and O–H groups in total. The Balaban J connectivity index is 2.34. The summed E-state index contributed by atoms with van der Waals surface area (Å²) in [6, 6.07) is -0.780. The first-order valence-corrected chi connectivity index (χ1v) is 24.6. The van der Waals surface area contributed by atoms with Gasteiger partial charge in [0.2, 0.25) is 5.91 Å². The van der Waals surface area contributed by atoms with Crippen molar-refractivity contribution in [1.82, 2.24) is 5.32 Å². The van der Waals surface area contributed by atoms with Crippen LogP contribution in [-0.4, -0.2) is 82.4 Å². The van der Waals surface area contributed by atoms with Crippen LogP contribution in [0.2, 0.25) is 0 Å². The van der Waals surface area contributed by atoms with Crippen LogP contribution in [0.4, 0.5) is 0 Å². The van der Waals surface area contributed by atoms with Crippen LogP contribution in [0.15, 0.2) is 24.3 Å². The van der Waals surface area contributed by atoms with E-state index in [0.717, 1.165) is 38.5 Å². The van der Waals surface area contributed by atoms with Crippen LogP contribution in [0.3, 0.4) is 0 Å². The second-order valence-electron chi connectivity index (χ2n) is 17.0. The average Bonchev–Trinajstić information content (AvgIpc) is 3.22. The van der Waals surface area contributed by atoms with Gasteiger partial charge in [-0.05, 0) is 57.9 Å². The number of amides is 1. The molecular weight excluding hydrogens is 751 g/mol. The third kappa shape index (κ3) is 29.3. The van der Waals surface area contributed by atoms with E-state index in [1.807, 2.05) is 6.08 Å². The lowest BCUT2D eigenvalue weighted by molar-refractivity contribution is -0.297. The fraction of sp³-hybridized carbons (Fsp3) is 0.896. The molecule has 0 radical (unpaired) electrons. The number of allylic oxidation sites excluding steroid dienone is 3. The molecule has 58 heavy (non-hydrogen) atoms. The molecule has 1 saturated heterocycles. The van der Waals surface area contributed by atoms with E-state index in [1.165, 1.54) is 161 Å². The van der Waals surface area contributed by atoms with Gasteiger partial charge >= 0.3 is 0 Å². The van der Waals surface area contributed by atoms with Crippen molar-refractivity contribution in [1.29, 1.82) is 0 Å². The smallest absolute Gasteiger partial charge is 0.220 e. The Morgan fingerprint density at radius 2 is 1.05 bits per heavy atom. The Kier molecular flexibility index (Phi) is 38.1. The number of rotatable bonds is 41. The van der Waals surface area contributed by atoms with E-state index < -0.39 is 49.5 Å². The molecule has 0 aromatic carbocycles. The minimum absolute atomic E-state index is 0.152. The molecule has 0 aliphatic carbocycles. The number of aliphatic hydroxyl groups excluding tert-OH is 4. The highest BCUT2D eigenvalue weighted by atomic mass is 32.1. The monoisotopic (exact) mass is 842 g/mol. The highest BCUT2D eigenvalue weighted by Gasteiger charge is 2.46. The lowest BCUT2D eigenvalue weighted by Crippen LogP contribution is -2.60. The van der Waals surface area contributed by atoms with Gasteiger partial charge in [-0.25, -0.2) is 0 Å². The molecule has 9 nitrogen and oxygen atoms in total. The third-order valence-corrected chi connectivity index (χ3v) is 11.9. The molecule has 1 aliphatic rings. The minimum Gasteiger partial charge on any atom is -0.394 e. The van der Waals surface area contributed by atoms with Gasteiger partial charge in [-0.15, -0.1) is 0 Å². The van der Waals surface area contributed by atoms with E-state index in [1.54, 1.807) is 6.08 Å². The molecule has 10 heteroatoms. The number of hydrogen-bond acceptors (Lipinski definition) is 9. The van der Waals surface area contributed by atoms with Crippen molar-refractivity contribution < 1.29 is 38.9 Å². The number of carbonyl (C=O) groups excluding carboxylic acids is 1. The number of hydrogen-bond donors (Lipinski definition) is 6. The minimum atomic E-state index is -1.39. The molecule has 1 rings (SSSR count). The van der Waals surface area contributed by atoms with E-state index in [0.29, 0.717) is 6.42 Å². The van der Waals surface area contributed by atoms with Crippen molar-refractivity contribution in [2.24, 2.45) is 0 Å². The maximum absolute atomic E-state index is 13.0. The van der Waals surface area contributed by atoms with Gasteiger partial charge in [0.1, 0.15) is 24.4 Å². The van der Waals surface area contributed by atoms with Crippen molar-refractivity contribution in [3.05, 3.63) is 24.3 Å². The number of ether oxygens (including phenoxy) is 2. The first-order chi connectivity index (χ1) is 28.4. The summed E-state index contributed by atoms with van der Waals surface area (Å²) >= 11 is 3.77. The van der Waals surface area contributed by atoms with Gasteiger partial charge in [0.15, 0.2) is 6.29 Å². The van der Waals surface area contributed by atoms with Crippen LogP contribution < -0.4 is 5.32 Å². The van der Waals surface area contributed by atoms with Crippen LogP contribution in [0.1, 0.15) is 219 Å². The lowest BCUT2D eigenvalue weighted by Gasteiger charge is -2.41. The molecule has 0 aromatic rings. The highest BCUT2D eigenvalue weighted by Crippen LogP contribution is 2.25. The van der Waals surface area contributed by atoms with Gasteiger partial charge in [0.05, 0.1) is 25.4 Å². The standard InChI is InChI=1S/C48H91NO8S/c1-3-5-7-9-11-13-15-17-18-19-20-21-22-23-24-26-28-30-32-34-36-38-44(52)49-41(40-55-48-46(54)47(57-58)45(53)43(39-50)56-48)42(51)37-35-33-31-29-27-25-16-14-12-10-8-6-4-2/h19-20,35,37,41-43,45-48,50-51,53-54,58H,3-18,21-34,36,38-40H2,1-2H3,(H,49,52)/b20-19-,37-35+/t41-,42+,43?,45?,46?,47?,48?/m0/s1. The summed E-state index contributed by atoms with van der Waals surface area (Å²) in [6.45, 7) is 3.86. The summed E-state index contributed by atoms with van der Waals surface area (Å²) in [5, 5.41) is 44.7. The summed E-state index contributed by atoms with van der Waals surface area (Å²) in [5.74, 6) is -0.163. The molecule has 0 saturated carbocycles. The number of aliphatic hydroxyl groups is 4. The highest BCUT2D eigenvalue weighted by molar-refractivity contribution is 7.75. The molecule has 1 heterocycles. The molecule has 7 atom stereocenters. The van der Waals surface area contributed by atoms with Crippen LogP contribution in [0.5, 0.6) is 0 Å². The molecule has 1 aliphatic heterocycles. The second-order valence-corrected chi connectivity index (χ2v) is 17.2. The van der Waals surface area contributed by atoms with Crippen molar-refractivity contribution in [2.75, 3.05) is 13.2 Å². The number of nitrogens with one attached hydrogen (secondary N) is 1. The summed E-state index contributed by atoms with van der Waals surface area (Å²) in [5.41, 5.74) is 0. The summed E-state index contributed by atoms with van der Waals surface area (Å²) in [7, 11) is 0. The molecule has 1 fully saturated rings. The molecule has 1 amide bonds. The first-order valence-electron chi connectivity index (χ1n) is 24.2. The van der Waals surface area contributed by atoms with Crippen LogP contribution in [-0.2, 0) is 18.5 Å². The molecule has 0 aromatic heterocycles. The zero-order chi connectivity index (χ0) is 42.3. The Morgan fingerprint density at radius 3 is 1.48 bits per heavy atom. The second kappa shape index (κ2) is 40.1. The van der Waals surface area contributed by atoms with E-state index >= 15 is 0 Å². The van der Waals surface area contributed by atoms with Crippen molar-refractivity contribution in [3.63, 3.8) is 0 Å². The molecule has 0 spiro atoms. The predicted octanol–water partition coefficient (Wildman–Crippen LogP) is 11.2. The topological polar surface area (TPSA) is 138 Å². The fourth-order valence-electron chi connectivity index (χ4n) is 7.73. The van der Waals surface area contributed by atoms with Gasteiger partial charge < -0.3 is 39.4 Å². The zero-order valence-electron chi connectivity index (χ0n) is 37.3. The third-order valence-electron chi connectivity index (χ3n) is 11.6. The van der Waals surface area contributed by atoms with Crippen molar-refractivity contribution in [2.45, 2.75) is 262 Å². The maximum Gasteiger partial charge on any atom is 0.220 e. The number of carbonyl (C=O) groups is 1. The van der Waals surface area contributed by atoms with Crippen LogP contribution >= 0.6 is 12.9 Å². The Bertz CT molecular complexity index is 970. The average molecular weight is 842 g/mol. The SMILES string of the molecule is CCCCCCCCCC/C=C\CCCCCCCCCCCC(=O)N[C@@H](COC1OC(CO)C(O)C(OS)C1O)[C@H](O)/C=C/CCCCCCCCCCCCC. The van der Waals surface area contributed by atoms with E-state index in [-0.39, 0.29) is 12.5 Å². The quantitative estimate of drug-likeness (QED) is 0.0155. The van der Waals surface area contributed by atoms with Gasteiger partial charge in [-0.1, -0.05) is 192 Å². The van der Waals surface area contributed by atoms with Crippen LogP contribution in [0.25, 0.3) is 0 Å². The Hall–Kier alpha value is -0.980. The fourth-order valence-corrected chi connectivity index (χ4v) is 7.98. The zero-order valence-corrected chi connectivity index (χ0v) is 38.2. The normalized spacial score (nSPS) is 21.0. The number of unbranched alkanes of at least 4 members (excludes halogenated alkanes) is 28. The van der Waals surface area contributed by atoms with Gasteiger partial charge in [0.25, 0.3) is 0 Å². The molecule has 0 bridgehead atoms. The summed E-state index contributed by atoms with van der Waals surface area (Å²) < 4.78 is 16.4. The maximum atomic E-state index is 13.0. The first kappa shape index (κ1) is 55.0. The molecule has 342 valence electrons. The van der Waals surface area contributed by atoms with Gasteiger partial charge in [0, 0.05) is 6.42 Å². The summed E-state index contributed by atoms with van der Waals surface area (Å²) in [4.78, 5) is 13.0. The van der Waals surface area contributed by atoms with E-state index in [2.05, 4.69) is 44.2 Å². The van der Waals surface area contributed by atoms with Crippen molar-refractivity contribution >= 4 is 18.8 Å². The molecule has 5 unspecified atom stereocenters. The van der Waals surface area contributed by atoms with E-state index in [4.69, 9.17) is 13.7 Å². The Labute approximate surface area is 361 Å². The van der Waals surface area contributed by atoms with Crippen LogP contribution in [0, 0.1) is 0 Å². The van der Waals surface area contributed by atoms with Gasteiger partial charge in [-0.2, -0.15) is 0 Å². The van der Waals surface area contributed by atoms with Gasteiger partial charge in [-0.3, -0.25) is 4.79 Å². The molecular formula is C48H91NO8S. The lowest BCUT2D eigenvalue weighted by atomic mass is 9.99. The number of thiol groups is 1. The van der Waals surface area contributed by atoms with E-state index in [9.17, 15) is 25.2 Å². The van der Waals surface area contributed by atoms with Crippen molar-refractivity contribution in [3.8, 4) is 0 Å². The predicted molar refractivity (Wildman–Crippen MR) is 243 cm³/mol. The summed E-state index contributed by atoms with van der Waals surface area (Å²) in [6.07, 6.45) is 40.4. The largest absolute Gasteiger partial charge is 0.394 e.